The number of imidazole rings is 1. The van der Waals surface area contributed by atoms with E-state index in [4.69, 9.17) is 4.42 Å². The van der Waals surface area contributed by atoms with Gasteiger partial charge in [-0.05, 0) is 48.9 Å². The lowest BCUT2D eigenvalue weighted by Gasteiger charge is -2.04. The summed E-state index contributed by atoms with van der Waals surface area (Å²) < 4.78 is 5.85. The van der Waals surface area contributed by atoms with Crippen molar-refractivity contribution < 1.29 is 14.3 Å². The zero-order valence-corrected chi connectivity index (χ0v) is 14.9. The van der Waals surface area contributed by atoms with Gasteiger partial charge in [0, 0.05) is 11.6 Å². The number of carboxylic acids is 1. The zero-order chi connectivity index (χ0) is 19.7. The summed E-state index contributed by atoms with van der Waals surface area (Å²) in [4.78, 5) is 18.8. The van der Waals surface area contributed by atoms with Gasteiger partial charge in [-0.25, -0.2) is 9.78 Å². The average Bonchev–Trinajstić information content (AvgIpc) is 3.33. The maximum atomic E-state index is 11.2. The van der Waals surface area contributed by atoms with Crippen LogP contribution in [0.25, 0.3) is 34.0 Å². The predicted molar refractivity (Wildman–Crippen MR) is 105 cm³/mol. The van der Waals surface area contributed by atoms with Crippen LogP contribution < -0.4 is 0 Å². The number of aromatic nitrogens is 2. The van der Waals surface area contributed by atoms with Crippen LogP contribution in [0.5, 0.6) is 0 Å². The molecular formula is C22H15N3O3. The molecule has 0 bridgehead atoms. The van der Waals surface area contributed by atoms with Crippen LogP contribution in [0.15, 0.2) is 59.0 Å². The molecule has 0 aliphatic heterocycles. The van der Waals surface area contributed by atoms with Crippen LogP contribution in [0.4, 0.5) is 0 Å². The molecule has 0 radical (unpaired) electrons. The van der Waals surface area contributed by atoms with Crippen LogP contribution in [0, 0.1) is 18.3 Å². The highest BCUT2D eigenvalue weighted by Gasteiger charge is 2.13. The van der Waals surface area contributed by atoms with E-state index in [0.29, 0.717) is 28.5 Å². The number of allylic oxidation sites excluding steroid dienone is 1. The lowest BCUT2D eigenvalue weighted by atomic mass is 10.0. The number of carboxylic acid groups (broad SMARTS) is 1. The predicted octanol–water partition coefficient (Wildman–Crippen LogP) is 4.89. The van der Waals surface area contributed by atoms with Crippen molar-refractivity contribution in [2.24, 2.45) is 0 Å². The molecule has 6 heteroatoms. The molecule has 28 heavy (non-hydrogen) atoms. The number of nitriles is 1. The minimum atomic E-state index is -0.996. The Kier molecular flexibility index (Phi) is 4.26. The number of nitrogens with zero attached hydrogens (tertiary/aromatic N) is 2. The van der Waals surface area contributed by atoms with Gasteiger partial charge in [0.2, 0.25) is 0 Å². The van der Waals surface area contributed by atoms with Gasteiger partial charge < -0.3 is 14.5 Å². The molecule has 4 aromatic rings. The van der Waals surface area contributed by atoms with Crippen LogP contribution in [0.1, 0.15) is 27.5 Å². The SMILES string of the molecule is Cc1ccc(C(=O)O)cc1-c1ccc(C=C(C#N)c2nc3ccccc3[nH]2)o1. The molecule has 0 spiro atoms. The van der Waals surface area contributed by atoms with E-state index in [1.807, 2.05) is 31.2 Å². The molecule has 2 aromatic heterocycles. The van der Waals surface area contributed by atoms with Crippen LogP contribution in [-0.4, -0.2) is 21.0 Å². The molecule has 0 amide bonds. The number of fused-ring (bicyclic) bond motifs is 1. The van der Waals surface area contributed by atoms with Crippen LogP contribution in [0.3, 0.4) is 0 Å². The first-order valence-electron chi connectivity index (χ1n) is 8.56. The van der Waals surface area contributed by atoms with Crippen molar-refractivity contribution >= 4 is 28.7 Å². The number of para-hydroxylation sites is 2. The second-order valence-electron chi connectivity index (χ2n) is 6.31. The Bertz CT molecular complexity index is 1240. The summed E-state index contributed by atoms with van der Waals surface area (Å²) in [5.74, 6) is 0.483. The van der Waals surface area contributed by atoms with Gasteiger partial charge in [-0.15, -0.1) is 0 Å². The van der Waals surface area contributed by atoms with Crippen molar-refractivity contribution in [3.05, 3.63) is 77.3 Å². The Morgan fingerprint density at radius 3 is 2.79 bits per heavy atom. The van der Waals surface area contributed by atoms with E-state index in [9.17, 15) is 15.2 Å². The smallest absolute Gasteiger partial charge is 0.335 e. The monoisotopic (exact) mass is 369 g/mol. The number of aromatic carboxylic acids is 1. The number of hydrogen-bond acceptors (Lipinski definition) is 4. The van der Waals surface area contributed by atoms with E-state index in [-0.39, 0.29) is 5.56 Å². The summed E-state index contributed by atoms with van der Waals surface area (Å²) in [6.45, 7) is 1.88. The van der Waals surface area contributed by atoms with E-state index in [0.717, 1.165) is 16.6 Å². The summed E-state index contributed by atoms with van der Waals surface area (Å²) in [6.07, 6.45) is 1.61. The van der Waals surface area contributed by atoms with Gasteiger partial charge >= 0.3 is 5.97 Å². The van der Waals surface area contributed by atoms with Gasteiger partial charge in [0.15, 0.2) is 0 Å². The fourth-order valence-corrected chi connectivity index (χ4v) is 2.97. The highest BCUT2D eigenvalue weighted by atomic mass is 16.4. The van der Waals surface area contributed by atoms with Crippen LogP contribution >= 0.6 is 0 Å². The molecule has 2 N–H and O–H groups in total. The molecule has 0 saturated carbocycles. The third-order valence-corrected chi connectivity index (χ3v) is 4.43. The van der Waals surface area contributed by atoms with Crippen molar-refractivity contribution in [3.63, 3.8) is 0 Å². The molecule has 0 saturated heterocycles. The number of H-pyrrole nitrogens is 1. The second-order valence-corrected chi connectivity index (χ2v) is 6.31. The van der Waals surface area contributed by atoms with Crippen molar-refractivity contribution in [3.8, 4) is 17.4 Å². The van der Waals surface area contributed by atoms with Gasteiger partial charge in [0.1, 0.15) is 23.4 Å². The first-order chi connectivity index (χ1) is 13.5. The fraction of sp³-hybridized carbons (Fsp3) is 0.0455. The van der Waals surface area contributed by atoms with Crippen molar-refractivity contribution in [1.29, 1.82) is 5.26 Å². The highest BCUT2D eigenvalue weighted by Crippen LogP contribution is 2.28. The number of aryl methyl sites for hydroxylation is 1. The van der Waals surface area contributed by atoms with Crippen LogP contribution in [-0.2, 0) is 0 Å². The second kappa shape index (κ2) is 6.89. The van der Waals surface area contributed by atoms with Crippen molar-refractivity contribution in [2.45, 2.75) is 6.92 Å². The van der Waals surface area contributed by atoms with Crippen molar-refractivity contribution in [2.75, 3.05) is 0 Å². The van der Waals surface area contributed by atoms with Crippen molar-refractivity contribution in [1.82, 2.24) is 9.97 Å². The van der Waals surface area contributed by atoms with Gasteiger partial charge in [0.25, 0.3) is 0 Å². The summed E-state index contributed by atoms with van der Waals surface area (Å²) in [6, 6.07) is 18.1. The van der Waals surface area contributed by atoms with Gasteiger partial charge in [-0.2, -0.15) is 5.26 Å². The number of hydrogen-bond donors (Lipinski definition) is 2. The summed E-state index contributed by atoms with van der Waals surface area (Å²) in [5.41, 5.74) is 3.75. The molecule has 0 fully saturated rings. The molecule has 136 valence electrons. The third kappa shape index (κ3) is 3.17. The Balaban J connectivity index is 1.71. The lowest BCUT2D eigenvalue weighted by molar-refractivity contribution is 0.0697. The van der Waals surface area contributed by atoms with Crippen LogP contribution in [0.2, 0.25) is 0 Å². The number of rotatable bonds is 4. The minimum absolute atomic E-state index is 0.189. The Morgan fingerprint density at radius 2 is 2.04 bits per heavy atom. The number of benzene rings is 2. The molecular weight excluding hydrogens is 354 g/mol. The Labute approximate surface area is 160 Å². The minimum Gasteiger partial charge on any atom is -0.478 e. The van der Waals surface area contributed by atoms with Gasteiger partial charge in [-0.1, -0.05) is 18.2 Å². The van der Waals surface area contributed by atoms with Gasteiger partial charge in [-0.3, -0.25) is 0 Å². The van der Waals surface area contributed by atoms with E-state index in [1.54, 1.807) is 36.4 Å². The topological polar surface area (TPSA) is 103 Å². The number of aromatic amines is 1. The summed E-state index contributed by atoms with van der Waals surface area (Å²) in [5, 5.41) is 18.7. The molecule has 2 heterocycles. The van der Waals surface area contributed by atoms with E-state index in [1.165, 1.54) is 0 Å². The number of carbonyl (C=O) groups is 1. The first-order valence-corrected chi connectivity index (χ1v) is 8.56. The third-order valence-electron chi connectivity index (χ3n) is 4.43. The lowest BCUT2D eigenvalue weighted by Crippen LogP contribution is -1.96. The fourth-order valence-electron chi connectivity index (χ4n) is 2.97. The Hall–Kier alpha value is -4.11. The highest BCUT2D eigenvalue weighted by molar-refractivity contribution is 5.91. The molecule has 0 aliphatic rings. The quantitative estimate of drug-likeness (QED) is 0.498. The standard InChI is InChI=1S/C22H15N3O3/c1-13-6-7-14(22(26)27)11-17(13)20-9-8-16(28-20)10-15(12-23)21-24-18-4-2-3-5-19(18)25-21/h2-11H,1H3,(H,24,25)(H,26,27). The largest absolute Gasteiger partial charge is 0.478 e. The maximum absolute atomic E-state index is 11.2. The molecule has 2 aromatic carbocycles. The molecule has 4 rings (SSSR count). The Morgan fingerprint density at radius 1 is 1.21 bits per heavy atom. The summed E-state index contributed by atoms with van der Waals surface area (Å²) in [7, 11) is 0. The normalized spacial score (nSPS) is 11.5. The maximum Gasteiger partial charge on any atom is 0.335 e. The van der Waals surface area contributed by atoms with E-state index >= 15 is 0 Å². The van der Waals surface area contributed by atoms with Gasteiger partial charge in [0.05, 0.1) is 22.2 Å². The average molecular weight is 369 g/mol. The molecule has 0 atom stereocenters. The molecule has 0 aliphatic carbocycles. The zero-order valence-electron chi connectivity index (χ0n) is 14.9. The summed E-state index contributed by atoms with van der Waals surface area (Å²) >= 11 is 0. The number of furan rings is 1. The molecule has 0 unspecified atom stereocenters. The number of nitrogens with one attached hydrogen (secondary N) is 1. The first kappa shape index (κ1) is 17.3. The van der Waals surface area contributed by atoms with E-state index < -0.39 is 5.97 Å². The molecule has 6 nitrogen and oxygen atoms in total. The van der Waals surface area contributed by atoms with E-state index in [2.05, 4.69) is 16.0 Å².